The Morgan fingerprint density at radius 2 is 2.25 bits per heavy atom. The Morgan fingerprint density at radius 1 is 1.62 bits per heavy atom. The second kappa shape index (κ2) is 2.91. The maximum Gasteiger partial charge on any atom is -0.0256 e. The van der Waals surface area contributed by atoms with Gasteiger partial charge in [0, 0.05) is 0 Å². The van der Waals surface area contributed by atoms with Gasteiger partial charge in [-0.2, -0.15) is 0 Å². The first-order valence-electron chi connectivity index (χ1n) is 2.96. The maximum absolute atomic E-state index is 2.36. The third kappa shape index (κ3) is 1.69. The molecule has 0 radical (unpaired) electrons. The van der Waals surface area contributed by atoms with Gasteiger partial charge < -0.3 is 0 Å². The molecule has 0 saturated carbocycles. The molecule has 0 aromatic heterocycles. The van der Waals surface area contributed by atoms with Crippen LogP contribution in [0.25, 0.3) is 0 Å². The fourth-order valence-electron chi connectivity index (χ4n) is 1.11. The highest BCUT2D eigenvalue weighted by Crippen LogP contribution is 2.21. The van der Waals surface area contributed by atoms with Crippen LogP contribution in [0.5, 0.6) is 0 Å². The molecule has 0 saturated heterocycles. The van der Waals surface area contributed by atoms with Crippen LogP contribution in [0, 0.1) is 5.92 Å². The molecule has 0 amide bonds. The largest absolute Gasteiger partial charge is 0.0828 e. The van der Waals surface area contributed by atoms with Gasteiger partial charge in [-0.15, -0.1) is 0 Å². The predicted octanol–water partition coefficient (Wildman–Crippen LogP) is 3.00. The van der Waals surface area contributed by atoms with Crippen LogP contribution in [0.3, 0.4) is 0 Å². The number of allylic oxidation sites excluding steroid dienone is 2. The van der Waals surface area contributed by atoms with Crippen LogP contribution in [0.4, 0.5) is 0 Å². The Hall–Kier alpha value is -0.260. The summed E-state index contributed by atoms with van der Waals surface area (Å²) in [6.07, 6.45) is 5.08. The van der Waals surface area contributed by atoms with E-state index in [4.69, 9.17) is 0 Å². The van der Waals surface area contributed by atoms with Gasteiger partial charge in [-0.1, -0.05) is 26.0 Å². The summed E-state index contributed by atoms with van der Waals surface area (Å²) < 4.78 is 0. The molecule has 0 bridgehead atoms. The highest BCUT2D eigenvalue weighted by atomic mass is 14.1. The molecule has 0 aromatic carbocycles. The van der Waals surface area contributed by atoms with E-state index >= 15 is 0 Å². The second-order valence-electron chi connectivity index (χ2n) is 2.53. The first-order chi connectivity index (χ1) is 3.29. The monoisotopic (exact) mass is 112 g/mol. The van der Waals surface area contributed by atoms with Gasteiger partial charge in [0.05, 0.1) is 0 Å². The molecule has 0 fully saturated rings. The van der Waals surface area contributed by atoms with Crippen LogP contribution < -0.4 is 0 Å². The molecule has 0 heteroatoms. The van der Waals surface area contributed by atoms with Gasteiger partial charge in [-0.25, -0.2) is 0 Å². The molecule has 0 nitrogen and oxygen atoms in total. The predicted molar refractivity (Wildman–Crippen MR) is 38.9 cm³/mol. The maximum atomic E-state index is 2.36. The van der Waals surface area contributed by atoms with Crippen LogP contribution in [0.2, 0.25) is 0 Å². The van der Waals surface area contributed by atoms with Crippen molar-refractivity contribution in [2.24, 2.45) is 5.92 Å². The normalized spacial score (nSPS) is 26.8. The average Bonchev–Trinajstić information content (AvgIpc) is 1.87. The molecule has 48 valence electrons. The molecule has 0 aliphatic heterocycles. The summed E-state index contributed by atoms with van der Waals surface area (Å²) in [5, 5.41) is 0. The molecular formula is C8H16. The van der Waals surface area contributed by atoms with E-state index in [2.05, 4.69) is 19.9 Å². The van der Waals surface area contributed by atoms with E-state index in [-0.39, 0.29) is 7.43 Å². The Labute approximate surface area is 52.6 Å². The number of hydrogen-bond acceptors (Lipinski definition) is 0. The minimum Gasteiger partial charge on any atom is -0.0828 e. The molecular weight excluding hydrogens is 96.1 g/mol. The van der Waals surface area contributed by atoms with Crippen LogP contribution in [-0.2, 0) is 0 Å². The molecule has 1 atom stereocenters. The van der Waals surface area contributed by atoms with E-state index in [0.29, 0.717) is 0 Å². The van der Waals surface area contributed by atoms with Crippen molar-refractivity contribution in [3.8, 4) is 0 Å². The van der Waals surface area contributed by atoms with Gasteiger partial charge >= 0.3 is 0 Å². The van der Waals surface area contributed by atoms with Crippen LogP contribution in [0.15, 0.2) is 11.6 Å². The van der Waals surface area contributed by atoms with Crippen molar-refractivity contribution in [1.29, 1.82) is 0 Å². The molecule has 0 spiro atoms. The topological polar surface area (TPSA) is 0 Å². The van der Waals surface area contributed by atoms with Gasteiger partial charge in [0.2, 0.25) is 0 Å². The van der Waals surface area contributed by atoms with Gasteiger partial charge in [0.1, 0.15) is 0 Å². The second-order valence-corrected chi connectivity index (χ2v) is 2.53. The fraction of sp³-hybridized carbons (Fsp3) is 0.750. The van der Waals surface area contributed by atoms with Crippen LogP contribution in [0.1, 0.15) is 34.1 Å². The lowest BCUT2D eigenvalue weighted by molar-refractivity contribution is 0.698. The minimum atomic E-state index is 0. The Morgan fingerprint density at radius 3 is 2.38 bits per heavy atom. The summed E-state index contributed by atoms with van der Waals surface area (Å²) in [5.74, 6) is 0.861. The molecule has 1 unspecified atom stereocenters. The van der Waals surface area contributed by atoms with E-state index in [1.807, 2.05) is 0 Å². The molecule has 1 rings (SSSR count). The van der Waals surface area contributed by atoms with E-state index < -0.39 is 0 Å². The molecule has 0 N–H and O–H groups in total. The SMILES string of the molecule is C.CC1=CC(C)CC1. The average molecular weight is 112 g/mol. The van der Waals surface area contributed by atoms with Gasteiger partial charge in [0.15, 0.2) is 0 Å². The van der Waals surface area contributed by atoms with E-state index in [9.17, 15) is 0 Å². The number of rotatable bonds is 0. The number of hydrogen-bond donors (Lipinski definition) is 0. The third-order valence-corrected chi connectivity index (χ3v) is 1.56. The summed E-state index contributed by atoms with van der Waals surface area (Å²) in [6.45, 7) is 4.49. The van der Waals surface area contributed by atoms with Gasteiger partial charge in [-0.3, -0.25) is 0 Å². The summed E-state index contributed by atoms with van der Waals surface area (Å²) in [5.41, 5.74) is 1.58. The van der Waals surface area contributed by atoms with Crippen molar-refractivity contribution in [1.82, 2.24) is 0 Å². The minimum absolute atomic E-state index is 0. The van der Waals surface area contributed by atoms with Crippen molar-refractivity contribution < 1.29 is 0 Å². The smallest absolute Gasteiger partial charge is 0.0256 e. The zero-order valence-corrected chi connectivity index (χ0v) is 5.07. The Bertz CT molecular complexity index is 90.2. The highest BCUT2D eigenvalue weighted by Gasteiger charge is 2.05. The molecule has 8 heavy (non-hydrogen) atoms. The van der Waals surface area contributed by atoms with Crippen molar-refractivity contribution >= 4 is 0 Å². The van der Waals surface area contributed by atoms with Crippen molar-refractivity contribution in [3.63, 3.8) is 0 Å². The highest BCUT2D eigenvalue weighted by molar-refractivity contribution is 5.06. The van der Waals surface area contributed by atoms with Gasteiger partial charge in [0.25, 0.3) is 0 Å². The van der Waals surface area contributed by atoms with Crippen molar-refractivity contribution in [2.75, 3.05) is 0 Å². The Kier molecular flexibility index (Phi) is 2.81. The van der Waals surface area contributed by atoms with Crippen LogP contribution >= 0.6 is 0 Å². The molecule has 1 aliphatic rings. The summed E-state index contributed by atoms with van der Waals surface area (Å²) >= 11 is 0. The van der Waals surface area contributed by atoms with Crippen LogP contribution in [-0.4, -0.2) is 0 Å². The van der Waals surface area contributed by atoms with Crippen molar-refractivity contribution in [3.05, 3.63) is 11.6 Å². The molecule has 1 aliphatic carbocycles. The summed E-state index contributed by atoms with van der Waals surface area (Å²) in [6, 6.07) is 0. The third-order valence-electron chi connectivity index (χ3n) is 1.56. The fourth-order valence-corrected chi connectivity index (χ4v) is 1.11. The first kappa shape index (κ1) is 7.74. The van der Waals surface area contributed by atoms with E-state index in [1.165, 1.54) is 12.8 Å². The lowest BCUT2D eigenvalue weighted by Crippen LogP contribution is -1.76. The van der Waals surface area contributed by atoms with Crippen molar-refractivity contribution in [2.45, 2.75) is 34.1 Å². The molecule has 0 aromatic rings. The lowest BCUT2D eigenvalue weighted by Gasteiger charge is -1.89. The van der Waals surface area contributed by atoms with Gasteiger partial charge in [-0.05, 0) is 25.7 Å². The lowest BCUT2D eigenvalue weighted by atomic mass is 10.2. The zero-order chi connectivity index (χ0) is 5.28. The first-order valence-corrected chi connectivity index (χ1v) is 2.96. The molecule has 0 heterocycles. The van der Waals surface area contributed by atoms with E-state index in [1.54, 1.807) is 5.57 Å². The standard InChI is InChI=1S/C7H12.CH4/c1-6-3-4-7(2)5-6;/h5-6H,3-4H2,1-2H3;1H4. The van der Waals surface area contributed by atoms with E-state index in [0.717, 1.165) is 5.92 Å². The summed E-state index contributed by atoms with van der Waals surface area (Å²) in [7, 11) is 0. The Balaban J connectivity index is 0.000000490. The summed E-state index contributed by atoms with van der Waals surface area (Å²) in [4.78, 5) is 0. The quantitative estimate of drug-likeness (QED) is 0.422. The zero-order valence-electron chi connectivity index (χ0n) is 5.07.